The van der Waals surface area contributed by atoms with Crippen molar-refractivity contribution in [2.24, 2.45) is 0 Å². The number of carbonyl (C=O) groups excluding carboxylic acids is 1. The number of anilines is 1. The molecule has 2 heterocycles. The van der Waals surface area contributed by atoms with Gasteiger partial charge in [0, 0.05) is 6.07 Å². The van der Waals surface area contributed by atoms with E-state index in [0.717, 1.165) is 0 Å². The van der Waals surface area contributed by atoms with E-state index in [9.17, 15) is 9.59 Å². The van der Waals surface area contributed by atoms with E-state index in [-0.39, 0.29) is 11.5 Å². The lowest BCUT2D eigenvalue weighted by Crippen LogP contribution is -2.18. The van der Waals surface area contributed by atoms with Crippen LogP contribution in [0.15, 0.2) is 23.0 Å². The second-order valence-electron chi connectivity index (χ2n) is 6.51. The third-order valence-corrected chi connectivity index (χ3v) is 5.36. The zero-order valence-corrected chi connectivity index (χ0v) is 17.2. The molecule has 8 nitrogen and oxygen atoms in total. The van der Waals surface area contributed by atoms with Crippen molar-refractivity contribution < 1.29 is 14.3 Å². The number of aromatic amines is 1. The average molecular weight is 402 g/mol. The standard InChI is InChI=1S/C19H22N4O4S/c1-10-15-17(24)21-14(9-23(2)3)22-19(15)28-16(10)18(25)20-12-8-11(26-4)6-7-13(12)27-5/h6-8H,9H2,1-5H3,(H,20,25)(H,21,22,24). The van der Waals surface area contributed by atoms with Crippen LogP contribution in [0.3, 0.4) is 0 Å². The van der Waals surface area contributed by atoms with Crippen molar-refractivity contribution >= 4 is 33.1 Å². The number of H-pyrrole nitrogens is 1. The first-order valence-corrected chi connectivity index (χ1v) is 9.36. The van der Waals surface area contributed by atoms with Gasteiger partial charge in [0.25, 0.3) is 11.5 Å². The van der Waals surface area contributed by atoms with Crippen LogP contribution in [-0.4, -0.2) is 49.1 Å². The molecule has 148 valence electrons. The molecule has 0 fully saturated rings. The van der Waals surface area contributed by atoms with Crippen LogP contribution in [0.25, 0.3) is 10.2 Å². The molecule has 0 aliphatic rings. The Hall–Kier alpha value is -2.91. The highest BCUT2D eigenvalue weighted by atomic mass is 32.1. The predicted molar refractivity (Wildman–Crippen MR) is 110 cm³/mol. The second-order valence-corrected chi connectivity index (χ2v) is 7.51. The van der Waals surface area contributed by atoms with Gasteiger partial charge in [-0.2, -0.15) is 0 Å². The van der Waals surface area contributed by atoms with E-state index >= 15 is 0 Å². The lowest BCUT2D eigenvalue weighted by Gasteiger charge is -2.11. The van der Waals surface area contributed by atoms with Gasteiger partial charge in [0.2, 0.25) is 0 Å². The van der Waals surface area contributed by atoms with Gasteiger partial charge in [-0.15, -0.1) is 11.3 Å². The fraction of sp³-hybridized carbons (Fsp3) is 0.316. The van der Waals surface area contributed by atoms with Crippen molar-refractivity contribution in [3.05, 3.63) is 44.8 Å². The lowest BCUT2D eigenvalue weighted by atomic mass is 10.2. The average Bonchev–Trinajstić information content (AvgIpc) is 2.98. The normalized spacial score (nSPS) is 11.1. The summed E-state index contributed by atoms with van der Waals surface area (Å²) < 4.78 is 10.5. The van der Waals surface area contributed by atoms with E-state index in [0.29, 0.717) is 50.2 Å². The van der Waals surface area contributed by atoms with Gasteiger partial charge in [0.1, 0.15) is 22.2 Å². The van der Waals surface area contributed by atoms with Crippen LogP contribution in [0.4, 0.5) is 5.69 Å². The van der Waals surface area contributed by atoms with Crippen molar-refractivity contribution in [3.63, 3.8) is 0 Å². The Morgan fingerprint density at radius 1 is 1.29 bits per heavy atom. The zero-order chi connectivity index (χ0) is 20.4. The molecule has 3 rings (SSSR count). The number of nitrogens with zero attached hydrogens (tertiary/aromatic N) is 2. The summed E-state index contributed by atoms with van der Waals surface area (Å²) in [6.45, 7) is 2.25. The molecule has 2 aromatic heterocycles. The minimum Gasteiger partial charge on any atom is -0.497 e. The number of nitrogens with one attached hydrogen (secondary N) is 2. The first-order valence-electron chi connectivity index (χ1n) is 8.54. The molecule has 1 amide bonds. The molecule has 0 atom stereocenters. The predicted octanol–water partition coefficient (Wildman–Crippen LogP) is 2.62. The fourth-order valence-corrected chi connectivity index (χ4v) is 3.97. The molecule has 0 spiro atoms. The highest BCUT2D eigenvalue weighted by Crippen LogP contribution is 2.32. The summed E-state index contributed by atoms with van der Waals surface area (Å²) >= 11 is 1.20. The maximum Gasteiger partial charge on any atom is 0.266 e. The second kappa shape index (κ2) is 7.99. The largest absolute Gasteiger partial charge is 0.497 e. The van der Waals surface area contributed by atoms with Crippen molar-refractivity contribution in [1.29, 1.82) is 0 Å². The molecule has 0 aliphatic heterocycles. The first kappa shape index (κ1) is 19.8. The Labute approximate surface area is 166 Å². The number of rotatable bonds is 6. The van der Waals surface area contributed by atoms with Crippen LogP contribution >= 0.6 is 11.3 Å². The molecule has 2 N–H and O–H groups in total. The van der Waals surface area contributed by atoms with Crippen molar-refractivity contribution in [2.75, 3.05) is 33.6 Å². The van der Waals surface area contributed by atoms with Gasteiger partial charge in [-0.25, -0.2) is 4.98 Å². The third kappa shape index (κ3) is 3.85. The minimum absolute atomic E-state index is 0.242. The lowest BCUT2D eigenvalue weighted by molar-refractivity contribution is 0.102. The molecule has 0 saturated heterocycles. The van der Waals surface area contributed by atoms with Gasteiger partial charge in [0.15, 0.2) is 0 Å². The number of aryl methyl sites for hydroxylation is 1. The number of ether oxygens (including phenoxy) is 2. The molecule has 28 heavy (non-hydrogen) atoms. The number of thiophene rings is 1. The minimum atomic E-state index is -0.333. The molecule has 0 radical (unpaired) electrons. The van der Waals surface area contributed by atoms with Crippen LogP contribution in [-0.2, 0) is 6.54 Å². The molecule has 0 aliphatic carbocycles. The van der Waals surface area contributed by atoms with Gasteiger partial charge < -0.3 is 24.7 Å². The van der Waals surface area contributed by atoms with E-state index in [4.69, 9.17) is 9.47 Å². The topological polar surface area (TPSA) is 96.6 Å². The molecule has 1 aromatic carbocycles. The Balaban J connectivity index is 2.00. The van der Waals surface area contributed by atoms with Gasteiger partial charge in [-0.3, -0.25) is 9.59 Å². The monoisotopic (exact) mass is 402 g/mol. The van der Waals surface area contributed by atoms with Crippen molar-refractivity contribution in [3.8, 4) is 11.5 Å². The number of amides is 1. The highest BCUT2D eigenvalue weighted by Gasteiger charge is 2.20. The summed E-state index contributed by atoms with van der Waals surface area (Å²) in [6, 6.07) is 5.14. The number of methoxy groups -OCH3 is 2. The summed E-state index contributed by atoms with van der Waals surface area (Å²) in [7, 11) is 6.86. The molecule has 9 heteroatoms. The summed E-state index contributed by atoms with van der Waals surface area (Å²) in [5.74, 6) is 1.33. The Morgan fingerprint density at radius 3 is 2.68 bits per heavy atom. The first-order chi connectivity index (χ1) is 13.3. The van der Waals surface area contributed by atoms with E-state index in [1.54, 1.807) is 32.2 Å². The van der Waals surface area contributed by atoms with Crippen LogP contribution in [0.1, 0.15) is 21.1 Å². The molecule has 0 bridgehead atoms. The summed E-state index contributed by atoms with van der Waals surface area (Å²) in [5, 5.41) is 3.28. The third-order valence-electron chi connectivity index (χ3n) is 4.18. The number of hydrogen-bond donors (Lipinski definition) is 2. The molecular weight excluding hydrogens is 380 g/mol. The van der Waals surface area contributed by atoms with Gasteiger partial charge in [-0.05, 0) is 38.7 Å². The fourth-order valence-electron chi connectivity index (χ4n) is 2.87. The summed E-state index contributed by atoms with van der Waals surface area (Å²) in [6.07, 6.45) is 0. The van der Waals surface area contributed by atoms with Crippen LogP contribution in [0.2, 0.25) is 0 Å². The number of aromatic nitrogens is 2. The van der Waals surface area contributed by atoms with Crippen LogP contribution in [0.5, 0.6) is 11.5 Å². The molecule has 0 saturated carbocycles. The summed E-state index contributed by atoms with van der Waals surface area (Å²) in [4.78, 5) is 35.6. The van der Waals surface area contributed by atoms with E-state index < -0.39 is 0 Å². The van der Waals surface area contributed by atoms with E-state index in [1.807, 2.05) is 19.0 Å². The number of fused-ring (bicyclic) bond motifs is 1. The Kier molecular flexibility index (Phi) is 5.66. The van der Waals surface area contributed by atoms with Gasteiger partial charge in [0.05, 0.1) is 36.7 Å². The van der Waals surface area contributed by atoms with E-state index in [1.165, 1.54) is 18.4 Å². The number of benzene rings is 1. The van der Waals surface area contributed by atoms with Crippen LogP contribution < -0.4 is 20.3 Å². The highest BCUT2D eigenvalue weighted by molar-refractivity contribution is 7.20. The smallest absolute Gasteiger partial charge is 0.266 e. The van der Waals surface area contributed by atoms with Crippen molar-refractivity contribution in [1.82, 2.24) is 14.9 Å². The molecular formula is C19H22N4O4S. The Bertz CT molecular complexity index is 1090. The Morgan fingerprint density at radius 2 is 2.04 bits per heavy atom. The molecule has 3 aromatic rings. The van der Waals surface area contributed by atoms with Gasteiger partial charge in [-0.1, -0.05) is 0 Å². The van der Waals surface area contributed by atoms with Gasteiger partial charge >= 0.3 is 0 Å². The maximum absolute atomic E-state index is 12.9. The maximum atomic E-state index is 12.9. The zero-order valence-electron chi connectivity index (χ0n) is 16.4. The SMILES string of the molecule is COc1ccc(OC)c(NC(=O)c2sc3nc(CN(C)C)[nH]c(=O)c3c2C)c1. The number of hydrogen-bond acceptors (Lipinski definition) is 7. The summed E-state index contributed by atoms with van der Waals surface area (Å²) in [5.41, 5.74) is 0.844. The molecule has 0 unspecified atom stereocenters. The quantitative estimate of drug-likeness (QED) is 0.658. The van der Waals surface area contributed by atoms with E-state index in [2.05, 4.69) is 15.3 Å². The van der Waals surface area contributed by atoms with Crippen LogP contribution in [0, 0.1) is 6.92 Å². The number of carbonyl (C=O) groups is 1. The van der Waals surface area contributed by atoms with Crippen molar-refractivity contribution in [2.45, 2.75) is 13.5 Å².